The molecule has 0 aliphatic heterocycles. The summed E-state index contributed by atoms with van der Waals surface area (Å²) >= 11 is 0. The molecule has 6 heteroatoms. The van der Waals surface area contributed by atoms with Gasteiger partial charge in [0, 0.05) is 18.8 Å². The Morgan fingerprint density at radius 2 is 1.78 bits per heavy atom. The Hall–Kier alpha value is -3.72. The second kappa shape index (κ2) is 8.59. The van der Waals surface area contributed by atoms with Crippen LogP contribution in [0.4, 0.5) is 11.5 Å². The molecule has 1 heterocycles. The van der Waals surface area contributed by atoms with Gasteiger partial charge in [-0.1, -0.05) is 30.3 Å². The Morgan fingerprint density at radius 3 is 2.37 bits per heavy atom. The van der Waals surface area contributed by atoms with Crippen LogP contribution in [0.25, 0.3) is 0 Å². The minimum absolute atomic E-state index is 0.154. The van der Waals surface area contributed by atoms with Crippen LogP contribution >= 0.6 is 0 Å². The summed E-state index contributed by atoms with van der Waals surface area (Å²) in [6.07, 6.45) is 0. The molecule has 3 rings (SSSR count). The molecule has 0 fully saturated rings. The van der Waals surface area contributed by atoms with Gasteiger partial charge in [0.2, 0.25) is 0 Å². The first kappa shape index (κ1) is 18.1. The van der Waals surface area contributed by atoms with Crippen LogP contribution in [0, 0.1) is 11.3 Å². The SMILES string of the molecule is CCN(Cc1ccccc1)C(=O)c1ccc(Nc2ccc(C#N)cc2)nn1. The molecular formula is C21H19N5O. The summed E-state index contributed by atoms with van der Waals surface area (Å²) in [6.45, 7) is 3.05. The first-order valence-electron chi connectivity index (χ1n) is 8.63. The lowest BCUT2D eigenvalue weighted by Gasteiger charge is -2.20. The maximum absolute atomic E-state index is 12.7. The third-order valence-electron chi connectivity index (χ3n) is 4.06. The molecule has 1 aromatic heterocycles. The number of benzene rings is 2. The molecule has 27 heavy (non-hydrogen) atoms. The standard InChI is InChI=1S/C21H19N5O/c1-2-26(15-17-6-4-3-5-7-17)21(27)19-12-13-20(25-24-19)23-18-10-8-16(14-22)9-11-18/h3-13H,2,15H2,1H3,(H,23,25). The molecule has 134 valence electrons. The van der Waals surface area contributed by atoms with Crippen LogP contribution in [0.2, 0.25) is 0 Å². The number of nitrogens with one attached hydrogen (secondary N) is 1. The van der Waals surface area contributed by atoms with Crippen LogP contribution in [0.5, 0.6) is 0 Å². The maximum Gasteiger partial charge on any atom is 0.274 e. The first-order chi connectivity index (χ1) is 13.2. The van der Waals surface area contributed by atoms with Gasteiger partial charge in [0.15, 0.2) is 11.5 Å². The smallest absolute Gasteiger partial charge is 0.274 e. The monoisotopic (exact) mass is 357 g/mol. The number of hydrogen-bond donors (Lipinski definition) is 1. The molecule has 0 saturated carbocycles. The van der Waals surface area contributed by atoms with Gasteiger partial charge < -0.3 is 10.2 Å². The van der Waals surface area contributed by atoms with E-state index in [1.54, 1.807) is 41.3 Å². The highest BCUT2D eigenvalue weighted by molar-refractivity contribution is 5.92. The number of rotatable bonds is 6. The van der Waals surface area contributed by atoms with E-state index in [-0.39, 0.29) is 5.91 Å². The number of amides is 1. The molecular weight excluding hydrogens is 338 g/mol. The number of anilines is 2. The fourth-order valence-electron chi connectivity index (χ4n) is 2.58. The number of carbonyl (C=O) groups excluding carboxylic acids is 1. The third kappa shape index (κ3) is 4.67. The van der Waals surface area contributed by atoms with Crippen molar-refractivity contribution in [1.82, 2.24) is 15.1 Å². The van der Waals surface area contributed by atoms with E-state index in [0.29, 0.717) is 30.2 Å². The van der Waals surface area contributed by atoms with Crippen molar-refractivity contribution < 1.29 is 4.79 Å². The van der Waals surface area contributed by atoms with Crippen LogP contribution in [-0.4, -0.2) is 27.5 Å². The Balaban J connectivity index is 1.67. The molecule has 0 saturated heterocycles. The van der Waals surface area contributed by atoms with E-state index < -0.39 is 0 Å². The van der Waals surface area contributed by atoms with E-state index >= 15 is 0 Å². The molecule has 0 radical (unpaired) electrons. The predicted octanol–water partition coefficient (Wildman–Crippen LogP) is 3.75. The molecule has 3 aromatic rings. The van der Waals surface area contributed by atoms with E-state index in [1.807, 2.05) is 37.3 Å². The first-order valence-corrected chi connectivity index (χ1v) is 8.63. The van der Waals surface area contributed by atoms with Crippen molar-refractivity contribution in [3.63, 3.8) is 0 Å². The molecule has 0 bridgehead atoms. The summed E-state index contributed by atoms with van der Waals surface area (Å²) in [5, 5.41) is 20.1. The minimum Gasteiger partial charge on any atom is -0.339 e. The van der Waals surface area contributed by atoms with E-state index in [1.165, 1.54) is 0 Å². The zero-order chi connectivity index (χ0) is 19.1. The van der Waals surface area contributed by atoms with Gasteiger partial charge in [0.1, 0.15) is 0 Å². The zero-order valence-corrected chi connectivity index (χ0v) is 15.0. The average molecular weight is 357 g/mol. The molecule has 2 aromatic carbocycles. The number of hydrogen-bond acceptors (Lipinski definition) is 5. The molecule has 0 aliphatic carbocycles. The summed E-state index contributed by atoms with van der Waals surface area (Å²) in [5.74, 6) is 0.376. The summed E-state index contributed by atoms with van der Waals surface area (Å²) in [5.41, 5.74) is 2.75. The van der Waals surface area contributed by atoms with Crippen LogP contribution in [-0.2, 0) is 6.54 Å². The van der Waals surface area contributed by atoms with Crippen LogP contribution < -0.4 is 5.32 Å². The second-order valence-electron chi connectivity index (χ2n) is 5.92. The highest BCUT2D eigenvalue weighted by atomic mass is 16.2. The lowest BCUT2D eigenvalue weighted by Crippen LogP contribution is -2.31. The van der Waals surface area contributed by atoms with Gasteiger partial charge in [-0.3, -0.25) is 4.79 Å². The fraction of sp³-hybridized carbons (Fsp3) is 0.143. The van der Waals surface area contributed by atoms with Crippen molar-refractivity contribution in [2.45, 2.75) is 13.5 Å². The zero-order valence-electron chi connectivity index (χ0n) is 15.0. The van der Waals surface area contributed by atoms with Crippen molar-refractivity contribution in [1.29, 1.82) is 5.26 Å². The van der Waals surface area contributed by atoms with Crippen molar-refractivity contribution in [3.8, 4) is 6.07 Å². The highest BCUT2D eigenvalue weighted by Crippen LogP contribution is 2.15. The van der Waals surface area contributed by atoms with Crippen molar-refractivity contribution in [2.24, 2.45) is 0 Å². The van der Waals surface area contributed by atoms with Gasteiger partial charge in [-0.15, -0.1) is 10.2 Å². The van der Waals surface area contributed by atoms with Gasteiger partial charge in [0.25, 0.3) is 5.91 Å². The van der Waals surface area contributed by atoms with Crippen molar-refractivity contribution in [2.75, 3.05) is 11.9 Å². The number of carbonyl (C=O) groups is 1. The average Bonchev–Trinajstić information content (AvgIpc) is 2.73. The van der Waals surface area contributed by atoms with Crippen molar-refractivity contribution >= 4 is 17.4 Å². The van der Waals surface area contributed by atoms with E-state index in [2.05, 4.69) is 21.6 Å². The quantitative estimate of drug-likeness (QED) is 0.726. The third-order valence-corrected chi connectivity index (χ3v) is 4.06. The molecule has 0 spiro atoms. The Bertz CT molecular complexity index is 931. The summed E-state index contributed by atoms with van der Waals surface area (Å²) in [6, 6.07) is 22.3. The second-order valence-corrected chi connectivity index (χ2v) is 5.92. The highest BCUT2D eigenvalue weighted by Gasteiger charge is 2.16. The van der Waals surface area contributed by atoms with Crippen molar-refractivity contribution in [3.05, 3.63) is 83.6 Å². The molecule has 1 amide bonds. The van der Waals surface area contributed by atoms with Gasteiger partial charge in [0.05, 0.1) is 11.6 Å². The fourth-order valence-corrected chi connectivity index (χ4v) is 2.58. The summed E-state index contributed by atoms with van der Waals surface area (Å²) in [7, 11) is 0. The summed E-state index contributed by atoms with van der Waals surface area (Å²) < 4.78 is 0. The molecule has 0 aliphatic rings. The van der Waals surface area contributed by atoms with Crippen LogP contribution in [0.3, 0.4) is 0 Å². The van der Waals surface area contributed by atoms with Crippen LogP contribution in [0.1, 0.15) is 28.5 Å². The topological polar surface area (TPSA) is 81.9 Å². The van der Waals surface area contributed by atoms with E-state index in [9.17, 15) is 4.79 Å². The normalized spacial score (nSPS) is 10.1. The Kier molecular flexibility index (Phi) is 5.75. The largest absolute Gasteiger partial charge is 0.339 e. The lowest BCUT2D eigenvalue weighted by atomic mass is 10.2. The Labute approximate surface area is 158 Å². The van der Waals surface area contributed by atoms with Gasteiger partial charge in [-0.2, -0.15) is 5.26 Å². The number of nitriles is 1. The van der Waals surface area contributed by atoms with E-state index in [0.717, 1.165) is 11.3 Å². The number of nitrogens with zero attached hydrogens (tertiary/aromatic N) is 4. The molecule has 0 atom stereocenters. The molecule has 6 nitrogen and oxygen atoms in total. The van der Waals surface area contributed by atoms with Gasteiger partial charge in [-0.05, 0) is 48.9 Å². The maximum atomic E-state index is 12.7. The lowest BCUT2D eigenvalue weighted by molar-refractivity contribution is 0.0745. The molecule has 1 N–H and O–H groups in total. The Morgan fingerprint density at radius 1 is 1.04 bits per heavy atom. The minimum atomic E-state index is -0.154. The summed E-state index contributed by atoms with van der Waals surface area (Å²) in [4.78, 5) is 14.4. The van der Waals surface area contributed by atoms with E-state index in [4.69, 9.17) is 5.26 Å². The van der Waals surface area contributed by atoms with Gasteiger partial charge >= 0.3 is 0 Å². The predicted molar refractivity (Wildman–Crippen MR) is 103 cm³/mol. The molecule has 0 unspecified atom stereocenters. The van der Waals surface area contributed by atoms with Gasteiger partial charge in [-0.25, -0.2) is 0 Å². The van der Waals surface area contributed by atoms with Crippen LogP contribution in [0.15, 0.2) is 66.7 Å². The number of aromatic nitrogens is 2.